The summed E-state index contributed by atoms with van der Waals surface area (Å²) in [6, 6.07) is 6.71. The minimum absolute atomic E-state index is 0. The topological polar surface area (TPSA) is 298 Å². The third-order valence-corrected chi connectivity index (χ3v) is 11.3. The number of benzene rings is 2. The number of anilines is 1. The van der Waals surface area contributed by atoms with Crippen molar-refractivity contribution in [2.45, 2.75) is 63.7 Å². The molecule has 0 unspecified atom stereocenters. The fourth-order valence-electron chi connectivity index (χ4n) is 6.82. The van der Waals surface area contributed by atoms with Crippen LogP contribution in [0.3, 0.4) is 0 Å². The van der Waals surface area contributed by atoms with Crippen LogP contribution in [-0.4, -0.2) is 109 Å². The van der Waals surface area contributed by atoms with Crippen molar-refractivity contribution in [1.82, 2.24) is 0 Å². The molecule has 308 valence electrons. The Morgan fingerprint density at radius 2 is 1.43 bits per heavy atom. The van der Waals surface area contributed by atoms with E-state index >= 15 is 0 Å². The minimum atomic E-state index is -4.84. The standard InChI is InChI=1S/C33H38N2O13S3.CH4.O3S/c1-32(2)26(34(15-9-17-49(40,41)42)24-12-8-11-22(28(24)32)30(36)37)13-6-5-7-14-27-33(3,4)29-23(31(38)39)19-21(51(46,47)48)20-25(29)35(27)16-10-18-50(43,44)45;;1-4(2)3/h5-8,11-14,19-20H,9-10,15-18H2,1-4H3,(H4-,36,37,38,39,40,41,42,43,44,45,46,47,48);1H4;. The van der Waals surface area contributed by atoms with Gasteiger partial charge in [0.1, 0.15) is 6.54 Å². The summed E-state index contributed by atoms with van der Waals surface area (Å²) in [6.07, 6.45) is 8.07. The van der Waals surface area contributed by atoms with E-state index in [1.807, 2.05) is 13.8 Å². The quantitative estimate of drug-likeness (QED) is 0.120. The third-order valence-electron chi connectivity index (χ3n) is 8.88. The normalized spacial score (nSPS) is 16.7. The highest BCUT2D eigenvalue weighted by Crippen LogP contribution is 2.50. The predicted octanol–water partition coefficient (Wildman–Crippen LogP) is 3.35. The summed E-state index contributed by atoms with van der Waals surface area (Å²) in [5, 5.41) is 19.9. The van der Waals surface area contributed by atoms with Crippen LogP contribution in [0.15, 0.2) is 71.3 Å². The number of aromatic carboxylic acids is 2. The number of carboxylic acids is 2. The number of hydrogen-bond acceptors (Lipinski definition) is 13. The Bertz CT molecular complexity index is 2480. The summed E-state index contributed by atoms with van der Waals surface area (Å²) in [7, 11) is -16.8. The van der Waals surface area contributed by atoms with Gasteiger partial charge in [-0.2, -0.15) is 21.4 Å². The molecule has 0 spiro atoms. The molecule has 0 radical (unpaired) electrons. The maximum atomic E-state index is 12.3. The number of carboxylic acid groups (broad SMARTS) is 2. The first-order valence-corrected chi connectivity index (χ1v) is 21.6. The lowest BCUT2D eigenvalue weighted by molar-refractivity contribution is -0.437. The van der Waals surface area contributed by atoms with Gasteiger partial charge in [0, 0.05) is 53.2 Å². The molecule has 0 saturated heterocycles. The molecular formula is C34H42N2O16S4. The van der Waals surface area contributed by atoms with Crippen molar-refractivity contribution >= 4 is 70.0 Å². The van der Waals surface area contributed by atoms with E-state index in [0.717, 1.165) is 12.1 Å². The molecular weight excluding hydrogens is 821 g/mol. The summed E-state index contributed by atoms with van der Waals surface area (Å²) in [5.74, 6) is -3.85. The summed E-state index contributed by atoms with van der Waals surface area (Å²) in [5.41, 5.74) is 0.204. The Kier molecular flexibility index (Phi) is 15.0. The first-order valence-electron chi connectivity index (χ1n) is 16.0. The Morgan fingerprint density at radius 1 is 0.839 bits per heavy atom. The Labute approximate surface area is 326 Å². The lowest BCUT2D eigenvalue weighted by Gasteiger charge is -2.27. The molecule has 18 nitrogen and oxygen atoms in total. The summed E-state index contributed by atoms with van der Waals surface area (Å²) >= 11 is 0. The van der Waals surface area contributed by atoms with Crippen molar-refractivity contribution in [3.63, 3.8) is 0 Å². The number of rotatable bonds is 14. The van der Waals surface area contributed by atoms with Crippen molar-refractivity contribution in [3.8, 4) is 0 Å². The van der Waals surface area contributed by atoms with E-state index in [9.17, 15) is 58.7 Å². The lowest BCUT2D eigenvalue weighted by atomic mass is 9.79. The van der Waals surface area contributed by atoms with Gasteiger partial charge in [0.25, 0.3) is 20.2 Å². The second-order valence-electron chi connectivity index (χ2n) is 13.3. The van der Waals surface area contributed by atoms with Crippen molar-refractivity contribution in [3.05, 3.63) is 88.7 Å². The maximum Gasteiger partial charge on any atom is 0.425 e. The van der Waals surface area contributed by atoms with Crippen molar-refractivity contribution in [2.75, 3.05) is 29.5 Å². The molecule has 4 N–H and O–H groups in total. The van der Waals surface area contributed by atoms with E-state index in [4.69, 9.17) is 12.6 Å². The van der Waals surface area contributed by atoms with Crippen LogP contribution in [0.1, 0.15) is 79.8 Å². The van der Waals surface area contributed by atoms with E-state index < -0.39 is 80.1 Å². The van der Waals surface area contributed by atoms with Crippen molar-refractivity contribution in [1.29, 1.82) is 0 Å². The van der Waals surface area contributed by atoms with Gasteiger partial charge < -0.3 is 19.7 Å². The molecule has 56 heavy (non-hydrogen) atoms. The van der Waals surface area contributed by atoms with Crippen LogP contribution in [0.2, 0.25) is 0 Å². The van der Waals surface area contributed by atoms with Crippen LogP contribution in [0.5, 0.6) is 0 Å². The predicted molar refractivity (Wildman–Crippen MR) is 203 cm³/mol. The average molecular weight is 863 g/mol. The van der Waals surface area contributed by atoms with Crippen LogP contribution >= 0.6 is 0 Å². The van der Waals surface area contributed by atoms with Crippen LogP contribution in [0.25, 0.3) is 0 Å². The van der Waals surface area contributed by atoms with E-state index in [0.29, 0.717) is 22.7 Å². The van der Waals surface area contributed by atoms with E-state index in [1.54, 1.807) is 60.9 Å². The molecule has 0 bridgehead atoms. The molecule has 2 aromatic rings. The highest BCUT2D eigenvalue weighted by Gasteiger charge is 2.47. The molecule has 0 amide bonds. The number of allylic oxidation sites excluding steroid dienone is 6. The molecule has 2 aliphatic rings. The molecule has 2 aliphatic heterocycles. The summed E-state index contributed by atoms with van der Waals surface area (Å²) in [6.45, 7) is 7.05. The second-order valence-corrected chi connectivity index (χ2v) is 18.3. The van der Waals surface area contributed by atoms with Crippen LogP contribution in [-0.2, 0) is 51.8 Å². The molecule has 4 rings (SSSR count). The van der Waals surface area contributed by atoms with Gasteiger partial charge in [-0.15, -0.1) is 12.6 Å². The van der Waals surface area contributed by atoms with Gasteiger partial charge in [-0.3, -0.25) is 9.11 Å². The number of fused-ring (bicyclic) bond motifs is 2. The highest BCUT2D eigenvalue weighted by atomic mass is 32.2. The van der Waals surface area contributed by atoms with Crippen molar-refractivity contribution in [2.24, 2.45) is 0 Å². The van der Waals surface area contributed by atoms with Crippen molar-refractivity contribution < 1.29 is 75.9 Å². The minimum Gasteiger partial charge on any atom is -0.748 e. The first-order chi connectivity index (χ1) is 25.1. The molecule has 2 heterocycles. The van der Waals surface area contributed by atoms with Gasteiger partial charge in [-0.05, 0) is 44.5 Å². The van der Waals surface area contributed by atoms with Gasteiger partial charge in [0.05, 0.1) is 42.9 Å². The van der Waals surface area contributed by atoms with Crippen LogP contribution in [0.4, 0.5) is 11.4 Å². The zero-order valence-electron chi connectivity index (χ0n) is 29.7. The summed E-state index contributed by atoms with van der Waals surface area (Å²) in [4.78, 5) is 25.3. The Hall–Kier alpha value is -4.58. The first kappa shape index (κ1) is 47.6. The zero-order valence-corrected chi connectivity index (χ0v) is 33.0. The van der Waals surface area contributed by atoms with Crippen LogP contribution < -0.4 is 4.90 Å². The Morgan fingerprint density at radius 3 is 1.95 bits per heavy atom. The van der Waals surface area contributed by atoms with Gasteiger partial charge >= 0.3 is 22.5 Å². The van der Waals surface area contributed by atoms with Gasteiger partial charge in [0.15, 0.2) is 5.71 Å². The lowest BCUT2D eigenvalue weighted by Crippen LogP contribution is -2.29. The average Bonchev–Trinajstić information content (AvgIpc) is 3.37. The number of nitrogens with zero attached hydrogens (tertiary/aromatic N) is 2. The van der Waals surface area contributed by atoms with E-state index in [2.05, 4.69) is 0 Å². The maximum absolute atomic E-state index is 12.3. The smallest absolute Gasteiger partial charge is 0.425 e. The SMILES string of the molecule is C.CC1(C)C(/C=C/C=C/C=C2/N(CCCS(=O)(=O)O)c3cc(S(=O)(=O)O)cc(C(=O)O)c3C2(C)C)=[N+](CCCS(=O)(=O)[O-])c2cccc(C(=O)O)c21.O=S(=O)=O. The highest BCUT2D eigenvalue weighted by molar-refractivity contribution is 7.86. The van der Waals surface area contributed by atoms with Crippen LogP contribution in [0, 0.1) is 0 Å². The number of hydrogen-bond donors (Lipinski definition) is 4. The molecule has 0 saturated carbocycles. The molecule has 0 atom stereocenters. The summed E-state index contributed by atoms with van der Waals surface area (Å²) < 4.78 is 127. The molecule has 0 aliphatic carbocycles. The number of carbonyl (C=O) groups is 2. The Balaban J connectivity index is 0.00000206. The van der Waals surface area contributed by atoms with Gasteiger partial charge in [-0.1, -0.05) is 45.6 Å². The fourth-order valence-corrected chi connectivity index (χ4v) is 8.32. The van der Waals surface area contributed by atoms with E-state index in [-0.39, 0.29) is 55.7 Å². The largest absolute Gasteiger partial charge is 0.748 e. The molecule has 0 fully saturated rings. The van der Waals surface area contributed by atoms with E-state index in [1.165, 1.54) is 11.0 Å². The third kappa shape index (κ3) is 11.3. The molecule has 22 heteroatoms. The monoisotopic (exact) mass is 862 g/mol. The van der Waals surface area contributed by atoms with Gasteiger partial charge in [-0.25, -0.2) is 18.0 Å². The fraction of sp³-hybridized carbons (Fsp3) is 0.382. The zero-order chi connectivity index (χ0) is 41.9. The molecule has 2 aromatic carbocycles. The van der Waals surface area contributed by atoms with Gasteiger partial charge in [0.2, 0.25) is 5.69 Å². The second kappa shape index (κ2) is 17.7. The molecule has 0 aromatic heterocycles.